The van der Waals surface area contributed by atoms with Gasteiger partial charge in [-0.1, -0.05) is 54.2 Å². The number of amides is 1. The van der Waals surface area contributed by atoms with E-state index in [0.717, 1.165) is 22.6 Å². The Labute approximate surface area is 172 Å². The molecule has 0 aliphatic carbocycles. The predicted octanol–water partition coefficient (Wildman–Crippen LogP) is 3.04. The molecule has 1 N–H and O–H groups in total. The van der Waals surface area contributed by atoms with Gasteiger partial charge in [0, 0.05) is 12.8 Å². The molecule has 0 fully saturated rings. The summed E-state index contributed by atoms with van der Waals surface area (Å²) in [4.78, 5) is 22.2. The highest BCUT2D eigenvalue weighted by molar-refractivity contribution is 7.99. The van der Waals surface area contributed by atoms with E-state index in [2.05, 4.69) is 20.8 Å². The van der Waals surface area contributed by atoms with Crippen molar-refractivity contribution >= 4 is 40.6 Å². The molecule has 2 aromatic carbocycles. The van der Waals surface area contributed by atoms with E-state index in [1.54, 1.807) is 7.05 Å². The van der Waals surface area contributed by atoms with Gasteiger partial charge in [-0.05, 0) is 35.0 Å². The monoisotopic (exact) mass is 405 g/mol. The third-order valence-electron chi connectivity index (χ3n) is 4.42. The molecule has 0 radical (unpaired) electrons. The van der Waals surface area contributed by atoms with Gasteiger partial charge < -0.3 is 5.32 Å². The van der Waals surface area contributed by atoms with Gasteiger partial charge in [0.2, 0.25) is 11.1 Å². The van der Waals surface area contributed by atoms with Crippen molar-refractivity contribution in [1.29, 1.82) is 0 Å². The average Bonchev–Trinajstić information content (AvgIpc) is 3.07. The highest BCUT2D eigenvalue weighted by atomic mass is 32.2. The van der Waals surface area contributed by atoms with Crippen LogP contribution in [0.5, 0.6) is 0 Å². The summed E-state index contributed by atoms with van der Waals surface area (Å²) in [7, 11) is 1.73. The summed E-state index contributed by atoms with van der Waals surface area (Å²) >= 11 is 1.27. The van der Waals surface area contributed by atoms with Crippen LogP contribution in [0.25, 0.3) is 0 Å². The molecule has 146 valence electrons. The van der Waals surface area contributed by atoms with E-state index in [9.17, 15) is 4.79 Å². The van der Waals surface area contributed by atoms with E-state index in [0.29, 0.717) is 11.0 Å². The van der Waals surface area contributed by atoms with Crippen molar-refractivity contribution in [2.24, 2.45) is 17.0 Å². The average molecular weight is 405 g/mol. The number of benzene rings is 2. The van der Waals surface area contributed by atoms with Gasteiger partial charge >= 0.3 is 0 Å². The Kier molecular flexibility index (Phi) is 5.48. The van der Waals surface area contributed by atoms with Crippen LogP contribution in [0.15, 0.2) is 69.7 Å². The zero-order chi connectivity index (χ0) is 20.2. The van der Waals surface area contributed by atoms with Crippen LogP contribution in [0, 0.1) is 0 Å². The van der Waals surface area contributed by atoms with E-state index in [1.165, 1.54) is 16.4 Å². The molecule has 0 saturated carbocycles. The number of tetrazole rings is 1. The van der Waals surface area contributed by atoms with Crippen LogP contribution in [0.4, 0.5) is 11.4 Å². The number of aliphatic imine (C=N–C) groups is 2. The van der Waals surface area contributed by atoms with Crippen molar-refractivity contribution in [3.05, 3.63) is 60.2 Å². The number of nitrogens with one attached hydrogen (secondary N) is 1. The van der Waals surface area contributed by atoms with Crippen LogP contribution in [-0.4, -0.2) is 43.4 Å². The minimum absolute atomic E-state index is 0.173. The number of fused-ring (bicyclic) bond motifs is 1. The lowest BCUT2D eigenvalue weighted by Crippen LogP contribution is -2.38. The molecule has 1 aromatic heterocycles. The number of para-hydroxylation sites is 2. The molecule has 2 heterocycles. The van der Waals surface area contributed by atoms with Gasteiger partial charge in [-0.3, -0.25) is 9.79 Å². The van der Waals surface area contributed by atoms with Gasteiger partial charge in [0.15, 0.2) is 0 Å². The maximum atomic E-state index is 12.7. The summed E-state index contributed by atoms with van der Waals surface area (Å²) in [5.74, 6) is 0.315. The number of carbonyl (C=O) groups is 1. The molecule has 1 aliphatic heterocycles. The summed E-state index contributed by atoms with van der Waals surface area (Å²) in [5, 5.41) is 14.8. The highest BCUT2D eigenvalue weighted by Gasteiger charge is 2.26. The molecule has 9 heteroatoms. The van der Waals surface area contributed by atoms with Crippen molar-refractivity contribution in [1.82, 2.24) is 25.5 Å². The molecule has 4 rings (SSSR count). The van der Waals surface area contributed by atoms with Crippen molar-refractivity contribution in [2.45, 2.75) is 18.0 Å². The van der Waals surface area contributed by atoms with E-state index in [-0.39, 0.29) is 17.6 Å². The van der Waals surface area contributed by atoms with Crippen LogP contribution in [0.2, 0.25) is 0 Å². The third kappa shape index (κ3) is 4.24. The first-order valence-corrected chi connectivity index (χ1v) is 10.0. The number of hydrogen-bond donors (Lipinski definition) is 1. The normalized spacial score (nSPS) is 15.7. The number of carbonyl (C=O) groups excluding carboxylic acids is 1. The first-order chi connectivity index (χ1) is 14.1. The molecule has 3 aromatic rings. The number of aromatic nitrogens is 4. The summed E-state index contributed by atoms with van der Waals surface area (Å²) < 4.78 is 1.53. The van der Waals surface area contributed by atoms with E-state index in [4.69, 9.17) is 9.98 Å². The molecule has 1 atom stereocenters. The number of amidine groups is 1. The number of hydrogen-bond acceptors (Lipinski definition) is 7. The molecule has 0 spiro atoms. The van der Waals surface area contributed by atoms with Gasteiger partial charge in [-0.25, -0.2) is 9.67 Å². The maximum Gasteiger partial charge on any atom is 0.235 e. The molecule has 29 heavy (non-hydrogen) atoms. The Morgan fingerprint density at radius 2 is 1.76 bits per heavy atom. The lowest BCUT2D eigenvalue weighted by atomic mass is 9.93. The second kappa shape index (κ2) is 8.36. The Morgan fingerprint density at radius 3 is 2.45 bits per heavy atom. The molecule has 1 amide bonds. The van der Waals surface area contributed by atoms with Crippen molar-refractivity contribution in [3.63, 3.8) is 0 Å². The topological polar surface area (TPSA) is 97.4 Å². The van der Waals surface area contributed by atoms with E-state index < -0.39 is 0 Å². The number of thioether (sulfide) groups is 1. The Balaban J connectivity index is 1.63. The van der Waals surface area contributed by atoms with Crippen LogP contribution >= 0.6 is 11.8 Å². The van der Waals surface area contributed by atoms with Gasteiger partial charge in [-0.15, -0.1) is 5.10 Å². The molecule has 8 nitrogen and oxygen atoms in total. The van der Waals surface area contributed by atoms with Crippen LogP contribution in [0.1, 0.15) is 18.4 Å². The molecule has 0 unspecified atom stereocenters. The number of nitrogens with zero attached hydrogens (tertiary/aromatic N) is 6. The molecule has 0 saturated heterocycles. The fraction of sp³-hybridized carbons (Fsp3) is 0.200. The van der Waals surface area contributed by atoms with Gasteiger partial charge in [0.1, 0.15) is 5.84 Å². The minimum atomic E-state index is -0.242. The summed E-state index contributed by atoms with van der Waals surface area (Å²) in [6.45, 7) is 1.96. The largest absolute Gasteiger partial charge is 0.313 e. The van der Waals surface area contributed by atoms with Crippen molar-refractivity contribution in [2.75, 3.05) is 5.75 Å². The standard InChI is InChI=1S/C20H19N7OS/c1-13-18(14-8-4-3-5-9-14)19(22-16-11-7-6-10-15(16)21-13)23-17(28)12-29-20-24-25-26-27(20)2/h3-11,18H,12H2,1-2H3,(H,22,23,28)/t18-/m1/s1. The lowest BCUT2D eigenvalue weighted by Gasteiger charge is -2.19. The van der Waals surface area contributed by atoms with Crippen LogP contribution < -0.4 is 5.32 Å². The summed E-state index contributed by atoms with van der Waals surface area (Å²) in [5.41, 5.74) is 3.40. The zero-order valence-electron chi connectivity index (χ0n) is 16.0. The fourth-order valence-electron chi connectivity index (χ4n) is 3.10. The van der Waals surface area contributed by atoms with Crippen LogP contribution in [-0.2, 0) is 11.8 Å². The summed E-state index contributed by atoms with van der Waals surface area (Å²) in [6, 6.07) is 17.6. The van der Waals surface area contributed by atoms with Crippen molar-refractivity contribution < 1.29 is 4.79 Å². The van der Waals surface area contributed by atoms with Gasteiger partial charge in [-0.2, -0.15) is 0 Å². The Bertz CT molecular complexity index is 1090. The number of rotatable bonds is 4. The van der Waals surface area contributed by atoms with Gasteiger partial charge in [0.25, 0.3) is 0 Å². The van der Waals surface area contributed by atoms with Gasteiger partial charge in [0.05, 0.1) is 23.0 Å². The second-order valence-electron chi connectivity index (χ2n) is 6.50. The lowest BCUT2D eigenvalue weighted by molar-refractivity contribution is -0.117. The molecule has 1 aliphatic rings. The minimum Gasteiger partial charge on any atom is -0.313 e. The predicted molar refractivity (Wildman–Crippen MR) is 113 cm³/mol. The first kappa shape index (κ1) is 19.0. The molecular formula is C20H19N7OS. The van der Waals surface area contributed by atoms with Crippen molar-refractivity contribution in [3.8, 4) is 0 Å². The molecular weight excluding hydrogens is 386 g/mol. The maximum absolute atomic E-state index is 12.7. The van der Waals surface area contributed by atoms with Crippen LogP contribution in [0.3, 0.4) is 0 Å². The quantitative estimate of drug-likeness (QED) is 0.673. The number of aryl methyl sites for hydroxylation is 1. The Hall–Kier alpha value is -3.33. The zero-order valence-corrected chi connectivity index (χ0v) is 16.8. The fourth-order valence-corrected chi connectivity index (χ4v) is 3.75. The first-order valence-electron chi connectivity index (χ1n) is 9.04. The summed E-state index contributed by atoms with van der Waals surface area (Å²) in [6.07, 6.45) is 0. The SMILES string of the molecule is CC1=Nc2ccccc2N=C(NC(=O)CSc2nnnn2C)[C@H]1c1ccccc1. The smallest absolute Gasteiger partial charge is 0.235 e. The Morgan fingerprint density at radius 1 is 1.07 bits per heavy atom. The van der Waals surface area contributed by atoms with E-state index >= 15 is 0 Å². The highest BCUT2D eigenvalue weighted by Crippen LogP contribution is 2.34. The van der Waals surface area contributed by atoms with E-state index in [1.807, 2.05) is 61.5 Å². The second-order valence-corrected chi connectivity index (χ2v) is 7.45. The molecule has 0 bridgehead atoms. The third-order valence-corrected chi connectivity index (χ3v) is 5.44.